The molecule has 0 amide bonds. The lowest BCUT2D eigenvalue weighted by Crippen LogP contribution is -2.16. The summed E-state index contributed by atoms with van der Waals surface area (Å²) in [4.78, 5) is 0.285. The molecule has 7 heteroatoms. The van der Waals surface area contributed by atoms with Crippen molar-refractivity contribution in [3.8, 4) is 0 Å². The predicted molar refractivity (Wildman–Crippen MR) is 76.5 cm³/mol. The zero-order valence-corrected chi connectivity index (χ0v) is 12.9. The first-order valence-corrected chi connectivity index (χ1v) is 8.22. The zero-order valence-electron chi connectivity index (χ0n) is 10.5. The van der Waals surface area contributed by atoms with Crippen LogP contribution in [0.25, 0.3) is 0 Å². The highest BCUT2D eigenvalue weighted by molar-refractivity contribution is 9.10. The zero-order chi connectivity index (χ0) is 14.2. The van der Waals surface area contributed by atoms with Crippen LogP contribution in [0.3, 0.4) is 0 Å². The smallest absolute Gasteiger partial charge is 0.175 e. The van der Waals surface area contributed by atoms with Crippen LogP contribution in [0.5, 0.6) is 0 Å². The normalized spacial score (nSPS) is 13.5. The number of nitrogens with two attached hydrogens (primary N) is 1. The van der Waals surface area contributed by atoms with Crippen molar-refractivity contribution in [3.05, 3.63) is 46.2 Å². The van der Waals surface area contributed by atoms with Gasteiger partial charge in [0.1, 0.15) is 0 Å². The van der Waals surface area contributed by atoms with Gasteiger partial charge in [-0.3, -0.25) is 4.68 Å². The van der Waals surface area contributed by atoms with E-state index in [2.05, 4.69) is 21.0 Å². The largest absolute Gasteiger partial charge is 0.319 e. The Morgan fingerprint density at radius 2 is 1.89 bits per heavy atom. The quantitative estimate of drug-likeness (QED) is 0.918. The second-order valence-electron chi connectivity index (χ2n) is 4.32. The molecule has 1 aromatic carbocycles. The van der Waals surface area contributed by atoms with Gasteiger partial charge in [0.2, 0.25) is 0 Å². The van der Waals surface area contributed by atoms with Gasteiger partial charge < -0.3 is 5.73 Å². The molecule has 1 heterocycles. The minimum Gasteiger partial charge on any atom is -0.319 e. The number of hydrogen-bond acceptors (Lipinski definition) is 4. The second kappa shape index (κ2) is 5.07. The summed E-state index contributed by atoms with van der Waals surface area (Å²) in [5.74, 6) is 0. The lowest BCUT2D eigenvalue weighted by Gasteiger charge is -2.13. The van der Waals surface area contributed by atoms with E-state index >= 15 is 0 Å². The fraction of sp³-hybridized carbons (Fsp3) is 0.250. The molecular formula is C12H14BrN3O2S. The molecule has 2 aromatic rings. The van der Waals surface area contributed by atoms with E-state index in [0.717, 1.165) is 15.7 Å². The monoisotopic (exact) mass is 343 g/mol. The van der Waals surface area contributed by atoms with E-state index in [1.807, 2.05) is 7.05 Å². The van der Waals surface area contributed by atoms with Crippen LogP contribution in [-0.2, 0) is 16.9 Å². The van der Waals surface area contributed by atoms with Gasteiger partial charge in [0, 0.05) is 13.3 Å². The standard InChI is InChI=1S/C12H14BrN3O2S/c1-16-12(10(13)7-15-16)11(14)8-3-5-9(6-4-8)19(2,17)18/h3-7,11H,14H2,1-2H3. The van der Waals surface area contributed by atoms with Crippen LogP contribution in [0.1, 0.15) is 17.3 Å². The molecule has 0 spiro atoms. The van der Waals surface area contributed by atoms with Crippen molar-refractivity contribution in [1.82, 2.24) is 9.78 Å². The molecule has 0 radical (unpaired) electrons. The van der Waals surface area contributed by atoms with E-state index in [1.54, 1.807) is 35.1 Å². The van der Waals surface area contributed by atoms with Gasteiger partial charge in [0.15, 0.2) is 9.84 Å². The van der Waals surface area contributed by atoms with Gasteiger partial charge >= 0.3 is 0 Å². The number of nitrogens with zero attached hydrogens (tertiary/aromatic N) is 2. The van der Waals surface area contributed by atoms with Crippen molar-refractivity contribution in [2.45, 2.75) is 10.9 Å². The Balaban J connectivity index is 2.38. The molecule has 0 saturated heterocycles. The van der Waals surface area contributed by atoms with Gasteiger partial charge in [-0.25, -0.2) is 8.42 Å². The third-order valence-electron chi connectivity index (χ3n) is 2.90. The number of aryl methyl sites for hydroxylation is 1. The molecule has 102 valence electrons. The first-order valence-electron chi connectivity index (χ1n) is 5.53. The van der Waals surface area contributed by atoms with Crippen LogP contribution in [0.4, 0.5) is 0 Å². The molecule has 2 N–H and O–H groups in total. The molecule has 1 unspecified atom stereocenters. The van der Waals surface area contributed by atoms with E-state index in [1.165, 1.54) is 6.26 Å². The molecule has 5 nitrogen and oxygen atoms in total. The molecular weight excluding hydrogens is 330 g/mol. The van der Waals surface area contributed by atoms with Gasteiger partial charge in [-0.1, -0.05) is 12.1 Å². The highest BCUT2D eigenvalue weighted by Gasteiger charge is 2.17. The van der Waals surface area contributed by atoms with Crippen LogP contribution < -0.4 is 5.73 Å². The average molecular weight is 344 g/mol. The van der Waals surface area contributed by atoms with Crippen molar-refractivity contribution in [1.29, 1.82) is 0 Å². The van der Waals surface area contributed by atoms with E-state index in [-0.39, 0.29) is 10.9 Å². The Morgan fingerprint density at radius 3 is 2.32 bits per heavy atom. The number of halogens is 1. The maximum absolute atomic E-state index is 11.4. The Morgan fingerprint density at radius 1 is 1.32 bits per heavy atom. The topological polar surface area (TPSA) is 78.0 Å². The third-order valence-corrected chi connectivity index (χ3v) is 4.64. The molecule has 0 fully saturated rings. The van der Waals surface area contributed by atoms with Crippen LogP contribution >= 0.6 is 15.9 Å². The lowest BCUT2D eigenvalue weighted by atomic mass is 10.1. The van der Waals surface area contributed by atoms with E-state index in [9.17, 15) is 8.42 Å². The first-order chi connectivity index (χ1) is 8.80. The molecule has 0 aliphatic rings. The van der Waals surface area contributed by atoms with Gasteiger partial charge in [-0.15, -0.1) is 0 Å². The number of benzene rings is 1. The average Bonchev–Trinajstić information content (AvgIpc) is 2.67. The number of aromatic nitrogens is 2. The molecule has 1 atom stereocenters. The lowest BCUT2D eigenvalue weighted by molar-refractivity contribution is 0.601. The molecule has 2 rings (SSSR count). The Bertz CT molecular complexity index is 673. The highest BCUT2D eigenvalue weighted by Crippen LogP contribution is 2.26. The number of hydrogen-bond donors (Lipinski definition) is 1. The van der Waals surface area contributed by atoms with Gasteiger partial charge in [0.25, 0.3) is 0 Å². The van der Waals surface area contributed by atoms with Crippen LogP contribution in [-0.4, -0.2) is 24.5 Å². The van der Waals surface area contributed by atoms with Crippen molar-refractivity contribution in [2.24, 2.45) is 12.8 Å². The summed E-state index contributed by atoms with van der Waals surface area (Å²) in [6, 6.07) is 6.21. The van der Waals surface area contributed by atoms with E-state index < -0.39 is 9.84 Å². The minimum absolute atomic E-state index is 0.285. The first kappa shape index (κ1) is 14.2. The molecule has 0 aliphatic carbocycles. The summed E-state index contributed by atoms with van der Waals surface area (Å²) in [5.41, 5.74) is 7.85. The molecule has 1 aromatic heterocycles. The minimum atomic E-state index is -3.18. The Labute approximate surface area is 120 Å². The molecule has 0 bridgehead atoms. The second-order valence-corrected chi connectivity index (χ2v) is 7.19. The highest BCUT2D eigenvalue weighted by atomic mass is 79.9. The van der Waals surface area contributed by atoms with Gasteiger partial charge in [-0.2, -0.15) is 5.10 Å². The fourth-order valence-corrected chi connectivity index (χ4v) is 3.08. The molecule has 19 heavy (non-hydrogen) atoms. The SMILES string of the molecule is Cn1ncc(Br)c1C(N)c1ccc(S(C)(=O)=O)cc1. The van der Waals surface area contributed by atoms with Crippen LogP contribution in [0.15, 0.2) is 39.8 Å². The van der Waals surface area contributed by atoms with Crippen molar-refractivity contribution in [3.63, 3.8) is 0 Å². The Kier molecular flexibility index (Phi) is 3.80. The van der Waals surface area contributed by atoms with Crippen LogP contribution in [0, 0.1) is 0 Å². The summed E-state index contributed by atoms with van der Waals surface area (Å²) in [5, 5.41) is 4.11. The summed E-state index contributed by atoms with van der Waals surface area (Å²) in [6.07, 6.45) is 2.86. The summed E-state index contributed by atoms with van der Waals surface area (Å²) < 4.78 is 25.3. The van der Waals surface area contributed by atoms with Gasteiger partial charge in [0.05, 0.1) is 27.3 Å². The molecule has 0 saturated carbocycles. The number of sulfone groups is 1. The van der Waals surface area contributed by atoms with Crippen molar-refractivity contribution >= 4 is 25.8 Å². The molecule has 0 aliphatic heterocycles. The van der Waals surface area contributed by atoms with E-state index in [4.69, 9.17) is 5.73 Å². The Hall–Kier alpha value is -1.18. The maximum Gasteiger partial charge on any atom is 0.175 e. The maximum atomic E-state index is 11.4. The third kappa shape index (κ3) is 2.88. The fourth-order valence-electron chi connectivity index (χ4n) is 1.85. The van der Waals surface area contributed by atoms with E-state index in [0.29, 0.717) is 0 Å². The van der Waals surface area contributed by atoms with Crippen molar-refractivity contribution < 1.29 is 8.42 Å². The van der Waals surface area contributed by atoms with Gasteiger partial charge in [-0.05, 0) is 33.6 Å². The van der Waals surface area contributed by atoms with Crippen molar-refractivity contribution in [2.75, 3.05) is 6.26 Å². The van der Waals surface area contributed by atoms with Crippen LogP contribution in [0.2, 0.25) is 0 Å². The number of rotatable bonds is 3. The summed E-state index contributed by atoms with van der Waals surface area (Å²) in [7, 11) is -1.37. The summed E-state index contributed by atoms with van der Waals surface area (Å²) >= 11 is 3.40. The summed E-state index contributed by atoms with van der Waals surface area (Å²) in [6.45, 7) is 0. The predicted octanol–water partition coefficient (Wildman–Crippen LogP) is 1.63.